The molecule has 2 rings (SSSR count). The van der Waals surface area contributed by atoms with Gasteiger partial charge in [-0.2, -0.15) is 0 Å². The number of nitrogens with one attached hydrogen (secondary N) is 2. The van der Waals surface area contributed by atoms with Gasteiger partial charge in [-0.15, -0.1) is 0 Å². The lowest BCUT2D eigenvalue weighted by Gasteiger charge is -2.21. The van der Waals surface area contributed by atoms with Crippen LogP contribution in [0, 0.1) is 0 Å². The molecule has 1 amide bonds. The second-order valence-electron chi connectivity index (χ2n) is 6.88. The molecule has 0 aliphatic rings. The number of amides is 1. The number of carbonyl (C=O) groups is 1. The minimum Gasteiger partial charge on any atom is -0.508 e. The number of benzene rings is 2. The number of aromatic hydroxyl groups is 2. The van der Waals surface area contributed by atoms with E-state index in [9.17, 15) is 15.0 Å². The van der Waals surface area contributed by atoms with Crippen LogP contribution in [0.4, 0.5) is 5.69 Å². The van der Waals surface area contributed by atoms with E-state index in [0.29, 0.717) is 5.69 Å². The third-order valence-corrected chi connectivity index (χ3v) is 4.57. The molecule has 0 saturated carbocycles. The first-order chi connectivity index (χ1) is 13.0. The third-order valence-electron chi connectivity index (χ3n) is 4.57. The molecule has 0 aromatic heterocycles. The summed E-state index contributed by atoms with van der Waals surface area (Å²) in [5.74, 6) is 0.148. The summed E-state index contributed by atoms with van der Waals surface area (Å²) in [5, 5.41) is 25.6. The summed E-state index contributed by atoms with van der Waals surface area (Å²) in [4.78, 5) is 11.4. The van der Waals surface area contributed by atoms with Crippen LogP contribution in [0.5, 0.6) is 11.5 Å². The highest BCUT2D eigenvalue weighted by Gasteiger charge is 2.13. The van der Waals surface area contributed by atoms with E-state index >= 15 is 0 Å². The van der Waals surface area contributed by atoms with Gasteiger partial charge in [-0.25, -0.2) is 0 Å². The second-order valence-corrected chi connectivity index (χ2v) is 6.88. The largest absolute Gasteiger partial charge is 0.508 e. The highest BCUT2D eigenvalue weighted by atomic mass is 16.3. The van der Waals surface area contributed by atoms with Crippen molar-refractivity contribution in [3.63, 3.8) is 0 Å². The normalized spacial score (nSPS) is 11.9. The number of carbonyl (C=O) groups excluding carboxylic acids is 1. The first-order valence-corrected chi connectivity index (χ1v) is 9.61. The van der Waals surface area contributed by atoms with Gasteiger partial charge in [0.15, 0.2) is 0 Å². The molecule has 0 radical (unpaired) electrons. The fourth-order valence-corrected chi connectivity index (χ4v) is 3.10. The van der Waals surface area contributed by atoms with Crippen LogP contribution in [0.25, 0.3) is 0 Å². The van der Waals surface area contributed by atoms with Crippen molar-refractivity contribution in [1.29, 1.82) is 0 Å². The van der Waals surface area contributed by atoms with Gasteiger partial charge in [-0.3, -0.25) is 4.79 Å². The van der Waals surface area contributed by atoms with E-state index in [2.05, 4.69) is 17.6 Å². The molecular formula is C22H30N2O3. The Kier molecular flexibility index (Phi) is 8.14. The van der Waals surface area contributed by atoms with Gasteiger partial charge in [-0.1, -0.05) is 44.4 Å². The average molecular weight is 370 g/mol. The topological polar surface area (TPSA) is 81.6 Å². The maximum absolute atomic E-state index is 11.4. The molecule has 1 atom stereocenters. The fraction of sp³-hybridized carbons (Fsp3) is 0.409. The van der Waals surface area contributed by atoms with Gasteiger partial charge >= 0.3 is 0 Å². The first-order valence-electron chi connectivity index (χ1n) is 9.61. The van der Waals surface area contributed by atoms with Gasteiger partial charge in [0, 0.05) is 13.0 Å². The summed E-state index contributed by atoms with van der Waals surface area (Å²) < 4.78 is 0. The molecule has 27 heavy (non-hydrogen) atoms. The summed E-state index contributed by atoms with van der Waals surface area (Å²) in [5.41, 5.74) is 2.66. The van der Waals surface area contributed by atoms with E-state index in [-0.39, 0.29) is 23.4 Å². The van der Waals surface area contributed by atoms with Crippen LogP contribution < -0.4 is 10.6 Å². The van der Waals surface area contributed by atoms with Crippen molar-refractivity contribution < 1.29 is 15.0 Å². The SMILES string of the molecule is CCCCCC(NCCc1ccc(O)cc1)c1ccc(O)c(NC(C)=O)c1. The van der Waals surface area contributed by atoms with E-state index < -0.39 is 0 Å². The summed E-state index contributed by atoms with van der Waals surface area (Å²) >= 11 is 0. The molecule has 0 spiro atoms. The lowest BCUT2D eigenvalue weighted by molar-refractivity contribution is -0.114. The van der Waals surface area contributed by atoms with Crippen molar-refractivity contribution in [3.05, 3.63) is 53.6 Å². The van der Waals surface area contributed by atoms with E-state index in [1.807, 2.05) is 24.3 Å². The quantitative estimate of drug-likeness (QED) is 0.366. The van der Waals surface area contributed by atoms with Gasteiger partial charge in [0.25, 0.3) is 0 Å². The van der Waals surface area contributed by atoms with E-state index in [0.717, 1.165) is 43.4 Å². The second kappa shape index (κ2) is 10.6. The molecule has 1 unspecified atom stereocenters. The van der Waals surface area contributed by atoms with Crippen molar-refractivity contribution in [2.45, 2.75) is 52.0 Å². The molecule has 0 saturated heterocycles. The highest BCUT2D eigenvalue weighted by molar-refractivity contribution is 5.90. The van der Waals surface area contributed by atoms with Crippen LogP contribution in [0.1, 0.15) is 56.7 Å². The Morgan fingerprint density at radius 3 is 2.48 bits per heavy atom. The molecule has 5 heteroatoms. The van der Waals surface area contributed by atoms with E-state index in [1.165, 1.54) is 13.3 Å². The number of hydrogen-bond donors (Lipinski definition) is 4. The molecule has 4 N–H and O–H groups in total. The number of phenolic OH excluding ortho intramolecular Hbond substituents is 2. The smallest absolute Gasteiger partial charge is 0.221 e. The summed E-state index contributed by atoms with van der Waals surface area (Å²) in [6.07, 6.45) is 5.30. The molecule has 2 aromatic rings. The van der Waals surface area contributed by atoms with E-state index in [1.54, 1.807) is 18.2 Å². The van der Waals surface area contributed by atoms with Crippen molar-refractivity contribution in [3.8, 4) is 11.5 Å². The summed E-state index contributed by atoms with van der Waals surface area (Å²) in [6, 6.07) is 12.8. The Bertz CT molecular complexity index is 729. The minimum absolute atomic E-state index is 0.0744. The van der Waals surface area contributed by atoms with Crippen molar-refractivity contribution in [2.75, 3.05) is 11.9 Å². The Morgan fingerprint density at radius 2 is 1.81 bits per heavy atom. The molecule has 5 nitrogen and oxygen atoms in total. The van der Waals surface area contributed by atoms with E-state index in [4.69, 9.17) is 0 Å². The van der Waals surface area contributed by atoms with Gasteiger partial charge in [0.1, 0.15) is 11.5 Å². The highest BCUT2D eigenvalue weighted by Crippen LogP contribution is 2.29. The van der Waals surface area contributed by atoms with Crippen LogP contribution in [0.2, 0.25) is 0 Å². The van der Waals surface area contributed by atoms with Crippen LogP contribution >= 0.6 is 0 Å². The molecule has 0 aliphatic heterocycles. The summed E-state index contributed by atoms with van der Waals surface area (Å²) in [6.45, 7) is 4.42. The van der Waals surface area contributed by atoms with Crippen LogP contribution in [0.15, 0.2) is 42.5 Å². The Labute approximate surface area is 161 Å². The predicted octanol–water partition coefficient (Wildman–Crippen LogP) is 4.51. The maximum Gasteiger partial charge on any atom is 0.221 e. The molecule has 0 heterocycles. The van der Waals surface area contributed by atoms with Gasteiger partial charge in [-0.05, 0) is 54.8 Å². The lowest BCUT2D eigenvalue weighted by atomic mass is 9.99. The van der Waals surface area contributed by atoms with Gasteiger partial charge in [0.2, 0.25) is 5.91 Å². The molecular weight excluding hydrogens is 340 g/mol. The maximum atomic E-state index is 11.4. The van der Waals surface area contributed by atoms with Crippen molar-refractivity contribution >= 4 is 11.6 Å². The first kappa shape index (κ1) is 20.8. The van der Waals surface area contributed by atoms with Crippen LogP contribution in [-0.2, 0) is 11.2 Å². The molecule has 0 aliphatic carbocycles. The number of unbranched alkanes of at least 4 members (excludes halogenated alkanes) is 2. The summed E-state index contributed by atoms with van der Waals surface area (Å²) in [7, 11) is 0. The minimum atomic E-state index is -0.203. The third kappa shape index (κ3) is 6.94. The van der Waals surface area contributed by atoms with Crippen molar-refractivity contribution in [1.82, 2.24) is 5.32 Å². The molecule has 0 fully saturated rings. The zero-order chi connectivity index (χ0) is 19.6. The zero-order valence-corrected chi connectivity index (χ0v) is 16.2. The number of anilines is 1. The van der Waals surface area contributed by atoms with Crippen LogP contribution in [0.3, 0.4) is 0 Å². The standard InChI is InChI=1S/C22H30N2O3/c1-3-4-5-6-20(23-14-13-17-7-10-19(26)11-8-17)18-9-12-22(27)21(15-18)24-16(2)25/h7-12,15,20,23,26-27H,3-6,13-14H2,1-2H3,(H,24,25). The Hall–Kier alpha value is -2.53. The number of rotatable bonds is 10. The molecule has 0 bridgehead atoms. The van der Waals surface area contributed by atoms with Gasteiger partial charge < -0.3 is 20.8 Å². The Morgan fingerprint density at radius 1 is 1.07 bits per heavy atom. The number of hydrogen-bond acceptors (Lipinski definition) is 4. The van der Waals surface area contributed by atoms with Gasteiger partial charge in [0.05, 0.1) is 5.69 Å². The van der Waals surface area contributed by atoms with Crippen LogP contribution in [-0.4, -0.2) is 22.7 Å². The average Bonchev–Trinajstić information content (AvgIpc) is 2.64. The monoisotopic (exact) mass is 370 g/mol. The molecule has 2 aromatic carbocycles. The zero-order valence-electron chi connectivity index (χ0n) is 16.2. The fourth-order valence-electron chi connectivity index (χ4n) is 3.10. The number of phenols is 2. The Balaban J connectivity index is 2.06. The molecule has 146 valence electrons. The lowest BCUT2D eigenvalue weighted by Crippen LogP contribution is -2.24. The van der Waals surface area contributed by atoms with Crippen molar-refractivity contribution in [2.24, 2.45) is 0 Å². The predicted molar refractivity (Wildman–Crippen MR) is 109 cm³/mol.